The summed E-state index contributed by atoms with van der Waals surface area (Å²) in [7, 11) is 0. The number of amides is 1. The van der Waals surface area contributed by atoms with Gasteiger partial charge in [-0.25, -0.2) is 4.98 Å². The van der Waals surface area contributed by atoms with Crippen LogP contribution < -0.4 is 4.74 Å². The fourth-order valence-corrected chi connectivity index (χ4v) is 3.94. The molecule has 146 valence electrons. The Bertz CT molecular complexity index is 924. The van der Waals surface area contributed by atoms with E-state index in [1.54, 1.807) is 6.20 Å². The number of aryl methyl sites for hydroxylation is 1. The van der Waals surface area contributed by atoms with Crippen LogP contribution in [0.15, 0.2) is 55.0 Å². The minimum atomic E-state index is 0.126. The second-order valence-electron chi connectivity index (χ2n) is 7.46. The summed E-state index contributed by atoms with van der Waals surface area (Å²) in [5, 5.41) is 0. The van der Waals surface area contributed by atoms with Gasteiger partial charge < -0.3 is 14.0 Å². The first-order valence-corrected chi connectivity index (χ1v) is 10.2. The van der Waals surface area contributed by atoms with Gasteiger partial charge in [0, 0.05) is 31.7 Å². The molecule has 4 rings (SSSR count). The maximum Gasteiger partial charge on any atom is 0.255 e. The van der Waals surface area contributed by atoms with Gasteiger partial charge in [-0.15, -0.1) is 0 Å². The Balaban J connectivity index is 1.27. The summed E-state index contributed by atoms with van der Waals surface area (Å²) >= 11 is 0. The van der Waals surface area contributed by atoms with Gasteiger partial charge in [0.1, 0.15) is 11.4 Å². The molecule has 0 bridgehead atoms. The molecule has 28 heavy (non-hydrogen) atoms. The number of ether oxygens (including phenoxy) is 1. The van der Waals surface area contributed by atoms with Crippen molar-refractivity contribution in [3.8, 4) is 5.75 Å². The van der Waals surface area contributed by atoms with Crippen LogP contribution in [0.25, 0.3) is 5.65 Å². The molecule has 0 N–H and O–H groups in total. The van der Waals surface area contributed by atoms with Crippen LogP contribution in [0.4, 0.5) is 0 Å². The zero-order valence-corrected chi connectivity index (χ0v) is 16.4. The predicted molar refractivity (Wildman–Crippen MR) is 110 cm³/mol. The molecule has 1 amide bonds. The van der Waals surface area contributed by atoms with E-state index >= 15 is 0 Å². The summed E-state index contributed by atoms with van der Waals surface area (Å²) in [6, 6.07) is 12.2. The van der Waals surface area contributed by atoms with Crippen molar-refractivity contribution in [1.82, 2.24) is 14.3 Å². The summed E-state index contributed by atoms with van der Waals surface area (Å²) < 4.78 is 7.40. The van der Waals surface area contributed by atoms with Gasteiger partial charge in [0.15, 0.2) is 0 Å². The molecule has 0 atom stereocenters. The second kappa shape index (κ2) is 8.46. The van der Waals surface area contributed by atoms with E-state index in [0.717, 1.165) is 49.3 Å². The van der Waals surface area contributed by atoms with Crippen LogP contribution in [0.1, 0.15) is 42.1 Å². The van der Waals surface area contributed by atoms with Crippen LogP contribution >= 0.6 is 0 Å². The van der Waals surface area contributed by atoms with Gasteiger partial charge in [0.2, 0.25) is 0 Å². The van der Waals surface area contributed by atoms with Gasteiger partial charge in [-0.2, -0.15) is 0 Å². The van der Waals surface area contributed by atoms with E-state index in [-0.39, 0.29) is 5.91 Å². The average molecular weight is 377 g/mol. The number of hydrogen-bond acceptors (Lipinski definition) is 3. The first-order valence-electron chi connectivity index (χ1n) is 10.2. The Morgan fingerprint density at radius 3 is 2.68 bits per heavy atom. The average Bonchev–Trinajstić information content (AvgIpc) is 3.21. The maximum absolute atomic E-state index is 12.8. The Morgan fingerprint density at radius 2 is 1.93 bits per heavy atom. The molecule has 2 aromatic heterocycles. The van der Waals surface area contributed by atoms with Crippen LogP contribution in [-0.2, 0) is 6.42 Å². The van der Waals surface area contributed by atoms with E-state index in [4.69, 9.17) is 4.74 Å². The largest absolute Gasteiger partial charge is 0.494 e. The van der Waals surface area contributed by atoms with E-state index < -0.39 is 0 Å². The lowest BCUT2D eigenvalue weighted by molar-refractivity contribution is 0.0686. The van der Waals surface area contributed by atoms with Gasteiger partial charge >= 0.3 is 0 Å². The number of piperidine rings is 1. The summed E-state index contributed by atoms with van der Waals surface area (Å²) in [5.74, 6) is 1.75. The quantitative estimate of drug-likeness (QED) is 0.646. The summed E-state index contributed by atoms with van der Waals surface area (Å²) in [6.07, 6.45) is 9.92. The maximum atomic E-state index is 12.8. The molecule has 5 nitrogen and oxygen atoms in total. The lowest BCUT2D eigenvalue weighted by Crippen LogP contribution is -2.38. The van der Waals surface area contributed by atoms with Crippen LogP contribution in [0.3, 0.4) is 0 Å². The molecule has 0 spiro atoms. The zero-order chi connectivity index (χ0) is 19.3. The third kappa shape index (κ3) is 4.19. The molecular weight excluding hydrogens is 350 g/mol. The SMILES string of the molecule is CCOc1ccc(CCC2CCN(C(=O)c3ccc4nccn4c3)CC2)cc1. The van der Waals surface area contributed by atoms with Crippen molar-refractivity contribution < 1.29 is 9.53 Å². The highest BCUT2D eigenvalue weighted by atomic mass is 16.5. The Hall–Kier alpha value is -2.82. The summed E-state index contributed by atoms with van der Waals surface area (Å²) in [6.45, 7) is 4.39. The molecule has 5 heteroatoms. The number of aromatic nitrogens is 2. The molecular formula is C23H27N3O2. The number of benzene rings is 1. The van der Waals surface area contributed by atoms with E-state index in [1.165, 1.54) is 12.0 Å². The number of rotatable bonds is 6. The molecule has 0 unspecified atom stereocenters. The van der Waals surface area contributed by atoms with Crippen LogP contribution in [0.2, 0.25) is 0 Å². The minimum Gasteiger partial charge on any atom is -0.494 e. The lowest BCUT2D eigenvalue weighted by Gasteiger charge is -2.32. The molecule has 1 aliphatic rings. The van der Waals surface area contributed by atoms with Crippen molar-refractivity contribution in [2.75, 3.05) is 19.7 Å². The molecule has 1 aromatic carbocycles. The van der Waals surface area contributed by atoms with Crippen molar-refractivity contribution >= 4 is 11.6 Å². The number of pyridine rings is 1. The van der Waals surface area contributed by atoms with Gasteiger partial charge in [0.05, 0.1) is 12.2 Å². The first-order chi connectivity index (χ1) is 13.7. The Labute approximate surface area is 166 Å². The standard InChI is InChI=1S/C23H27N3O2/c1-2-28-21-8-5-18(6-9-21)3-4-19-11-14-25(15-12-19)23(27)20-7-10-22-24-13-16-26(22)17-20/h5-10,13,16-17,19H,2-4,11-12,14-15H2,1H3. The van der Waals surface area contributed by atoms with Crippen molar-refractivity contribution in [3.63, 3.8) is 0 Å². The Kier molecular flexibility index (Phi) is 5.60. The third-order valence-corrected chi connectivity index (χ3v) is 5.61. The molecule has 1 saturated heterocycles. The number of likely N-dealkylation sites (tertiary alicyclic amines) is 1. The fraction of sp³-hybridized carbons (Fsp3) is 0.391. The normalized spacial score (nSPS) is 15.1. The van der Waals surface area contributed by atoms with Gasteiger partial charge in [-0.05, 0) is 68.4 Å². The smallest absolute Gasteiger partial charge is 0.255 e. The molecule has 0 saturated carbocycles. The first kappa shape index (κ1) is 18.5. The number of nitrogens with zero attached hydrogens (tertiary/aromatic N) is 3. The van der Waals surface area contributed by atoms with E-state index in [2.05, 4.69) is 29.2 Å². The van der Waals surface area contributed by atoms with Crippen molar-refractivity contribution in [3.05, 3.63) is 66.1 Å². The van der Waals surface area contributed by atoms with Crippen molar-refractivity contribution in [2.24, 2.45) is 5.92 Å². The number of carbonyl (C=O) groups excluding carboxylic acids is 1. The van der Waals surface area contributed by atoms with Crippen LogP contribution in [-0.4, -0.2) is 39.9 Å². The lowest BCUT2D eigenvalue weighted by atomic mass is 9.90. The topological polar surface area (TPSA) is 46.8 Å². The second-order valence-corrected chi connectivity index (χ2v) is 7.46. The summed E-state index contributed by atoms with van der Waals surface area (Å²) in [5.41, 5.74) is 2.96. The van der Waals surface area contributed by atoms with E-state index in [0.29, 0.717) is 12.5 Å². The highest BCUT2D eigenvalue weighted by Crippen LogP contribution is 2.24. The number of hydrogen-bond donors (Lipinski definition) is 0. The van der Waals surface area contributed by atoms with Crippen LogP contribution in [0.5, 0.6) is 5.75 Å². The fourth-order valence-electron chi connectivity index (χ4n) is 3.94. The molecule has 3 aromatic rings. The minimum absolute atomic E-state index is 0.126. The number of imidazole rings is 1. The highest BCUT2D eigenvalue weighted by molar-refractivity contribution is 5.94. The highest BCUT2D eigenvalue weighted by Gasteiger charge is 2.23. The molecule has 0 radical (unpaired) electrons. The molecule has 1 aliphatic heterocycles. The number of fused-ring (bicyclic) bond motifs is 1. The van der Waals surface area contributed by atoms with Crippen molar-refractivity contribution in [2.45, 2.75) is 32.6 Å². The van der Waals surface area contributed by atoms with Gasteiger partial charge in [0.25, 0.3) is 5.91 Å². The summed E-state index contributed by atoms with van der Waals surface area (Å²) in [4.78, 5) is 19.0. The predicted octanol–water partition coefficient (Wildman–Crippen LogP) is 4.22. The van der Waals surface area contributed by atoms with Gasteiger partial charge in [-0.3, -0.25) is 4.79 Å². The van der Waals surface area contributed by atoms with Crippen molar-refractivity contribution in [1.29, 1.82) is 0 Å². The molecule has 3 heterocycles. The van der Waals surface area contributed by atoms with E-state index in [1.807, 2.05) is 40.8 Å². The number of carbonyl (C=O) groups is 1. The molecule has 0 aliphatic carbocycles. The monoisotopic (exact) mass is 377 g/mol. The van der Waals surface area contributed by atoms with Crippen LogP contribution in [0, 0.1) is 5.92 Å². The third-order valence-electron chi connectivity index (χ3n) is 5.61. The molecule has 1 fully saturated rings. The van der Waals surface area contributed by atoms with Gasteiger partial charge in [-0.1, -0.05) is 12.1 Å². The Morgan fingerprint density at radius 1 is 1.14 bits per heavy atom. The van der Waals surface area contributed by atoms with E-state index in [9.17, 15) is 4.79 Å². The zero-order valence-electron chi connectivity index (χ0n) is 16.4.